The van der Waals surface area contributed by atoms with E-state index in [-0.39, 0.29) is 5.56 Å². The van der Waals surface area contributed by atoms with Crippen molar-refractivity contribution in [3.8, 4) is 0 Å². The van der Waals surface area contributed by atoms with Crippen LogP contribution < -0.4 is 5.73 Å². The van der Waals surface area contributed by atoms with Gasteiger partial charge in [0, 0.05) is 5.56 Å². The number of hydrogen-bond donors (Lipinski definition) is 2. The minimum Gasteiger partial charge on any atom is -0.393 e. The molecule has 0 amide bonds. The van der Waals surface area contributed by atoms with E-state index in [4.69, 9.17) is 10.8 Å². The Bertz CT molecular complexity index is 315. The number of nitrogens with two attached hydrogens (primary N) is 1. The molecule has 0 aliphatic carbocycles. The molecule has 0 saturated carbocycles. The fourth-order valence-electron chi connectivity index (χ4n) is 1.26. The molecule has 0 saturated heterocycles. The number of aliphatic hydroxyl groups is 1. The second kappa shape index (κ2) is 4.02. The van der Waals surface area contributed by atoms with Crippen LogP contribution in [0.15, 0.2) is 24.3 Å². The van der Waals surface area contributed by atoms with Gasteiger partial charge >= 0.3 is 0 Å². The van der Waals surface area contributed by atoms with E-state index >= 15 is 0 Å². The molecule has 1 aromatic carbocycles. The lowest BCUT2D eigenvalue weighted by Gasteiger charge is -2.28. The maximum absolute atomic E-state index is 13.3. The second-order valence-corrected chi connectivity index (χ2v) is 3.41. The number of halogens is 2. The predicted octanol–water partition coefficient (Wildman–Crippen LogP) is 1.33. The highest BCUT2D eigenvalue weighted by molar-refractivity contribution is 5.26. The minimum absolute atomic E-state index is 0.0709. The van der Waals surface area contributed by atoms with E-state index in [1.807, 2.05) is 0 Å². The van der Waals surface area contributed by atoms with Gasteiger partial charge in [-0.2, -0.15) is 0 Å². The number of alkyl halides is 1. The van der Waals surface area contributed by atoms with Crippen LogP contribution in [0.3, 0.4) is 0 Å². The highest BCUT2D eigenvalue weighted by atomic mass is 19.1. The topological polar surface area (TPSA) is 46.2 Å². The summed E-state index contributed by atoms with van der Waals surface area (Å²) in [7, 11) is 0. The van der Waals surface area contributed by atoms with Gasteiger partial charge in [0.2, 0.25) is 0 Å². The molecule has 0 heterocycles. The first-order chi connectivity index (χ1) is 6.50. The highest BCUT2D eigenvalue weighted by Crippen LogP contribution is 2.25. The molecule has 0 aliphatic rings. The molecule has 0 spiro atoms. The van der Waals surface area contributed by atoms with E-state index < -0.39 is 24.1 Å². The number of rotatable bonds is 3. The molecule has 0 aromatic heterocycles. The third kappa shape index (κ3) is 1.91. The maximum Gasteiger partial charge on any atom is 0.145 e. The van der Waals surface area contributed by atoms with Crippen LogP contribution in [0.5, 0.6) is 0 Å². The Morgan fingerprint density at radius 1 is 1.50 bits per heavy atom. The zero-order valence-electron chi connectivity index (χ0n) is 7.87. The Morgan fingerprint density at radius 2 is 2.07 bits per heavy atom. The van der Waals surface area contributed by atoms with Crippen molar-refractivity contribution < 1.29 is 13.9 Å². The first kappa shape index (κ1) is 11.1. The lowest BCUT2D eigenvalue weighted by molar-refractivity contribution is 0.111. The van der Waals surface area contributed by atoms with Gasteiger partial charge in [-0.25, -0.2) is 8.78 Å². The summed E-state index contributed by atoms with van der Waals surface area (Å²) < 4.78 is 26.5. The molecule has 0 aliphatic heterocycles. The van der Waals surface area contributed by atoms with Gasteiger partial charge in [0.15, 0.2) is 0 Å². The fraction of sp³-hybridized carbons (Fsp3) is 0.400. The van der Waals surface area contributed by atoms with E-state index in [1.165, 1.54) is 25.1 Å². The van der Waals surface area contributed by atoms with Gasteiger partial charge in [-0.1, -0.05) is 18.2 Å². The molecule has 2 atom stereocenters. The van der Waals surface area contributed by atoms with Crippen molar-refractivity contribution in [2.24, 2.45) is 5.73 Å². The van der Waals surface area contributed by atoms with Crippen molar-refractivity contribution in [2.75, 3.05) is 6.61 Å². The minimum atomic E-state index is -1.68. The van der Waals surface area contributed by atoms with Crippen molar-refractivity contribution in [1.82, 2.24) is 0 Å². The van der Waals surface area contributed by atoms with Crippen LogP contribution in [0.25, 0.3) is 0 Å². The summed E-state index contributed by atoms with van der Waals surface area (Å²) in [6.45, 7) is 0.633. The Kier molecular flexibility index (Phi) is 3.18. The van der Waals surface area contributed by atoms with Crippen LogP contribution in [0.1, 0.15) is 12.5 Å². The van der Waals surface area contributed by atoms with E-state index in [1.54, 1.807) is 6.07 Å². The molecule has 0 fully saturated rings. The van der Waals surface area contributed by atoms with Crippen molar-refractivity contribution in [2.45, 2.75) is 18.6 Å². The highest BCUT2D eigenvalue weighted by Gasteiger charge is 2.33. The quantitative estimate of drug-likeness (QED) is 0.775. The van der Waals surface area contributed by atoms with Crippen LogP contribution in [-0.2, 0) is 5.54 Å². The van der Waals surface area contributed by atoms with Gasteiger partial charge in [-0.3, -0.25) is 0 Å². The summed E-state index contributed by atoms with van der Waals surface area (Å²) >= 11 is 0. The van der Waals surface area contributed by atoms with Crippen molar-refractivity contribution >= 4 is 0 Å². The standard InChI is InChI=1S/C10H13F2NO/c1-10(13,9(12)6-14)7-4-2-3-5-8(7)11/h2-5,9,14H,6,13H2,1H3. The first-order valence-corrected chi connectivity index (χ1v) is 4.29. The van der Waals surface area contributed by atoms with Gasteiger partial charge in [0.05, 0.1) is 12.1 Å². The SMILES string of the molecule is CC(N)(c1ccccc1F)C(F)CO. The molecule has 0 radical (unpaired) electrons. The van der Waals surface area contributed by atoms with Crippen LogP contribution in [0, 0.1) is 5.82 Å². The molecule has 78 valence electrons. The number of aliphatic hydroxyl groups excluding tert-OH is 1. The Morgan fingerprint density at radius 3 is 2.57 bits per heavy atom. The number of hydrogen-bond acceptors (Lipinski definition) is 2. The fourth-order valence-corrected chi connectivity index (χ4v) is 1.26. The van der Waals surface area contributed by atoms with Crippen LogP contribution in [-0.4, -0.2) is 17.9 Å². The third-order valence-electron chi connectivity index (χ3n) is 2.27. The zero-order chi connectivity index (χ0) is 10.8. The molecule has 4 heteroatoms. The van der Waals surface area contributed by atoms with E-state index in [0.717, 1.165) is 0 Å². The third-order valence-corrected chi connectivity index (χ3v) is 2.27. The molecule has 14 heavy (non-hydrogen) atoms. The Hall–Kier alpha value is -1.00. The first-order valence-electron chi connectivity index (χ1n) is 4.29. The van der Waals surface area contributed by atoms with E-state index in [0.29, 0.717) is 0 Å². The largest absolute Gasteiger partial charge is 0.393 e. The monoisotopic (exact) mass is 201 g/mol. The lowest BCUT2D eigenvalue weighted by Crippen LogP contribution is -2.45. The average Bonchev–Trinajstić information content (AvgIpc) is 2.17. The van der Waals surface area contributed by atoms with Crippen LogP contribution in [0.2, 0.25) is 0 Å². The molecular weight excluding hydrogens is 188 g/mol. The maximum atomic E-state index is 13.3. The molecule has 2 unspecified atom stereocenters. The van der Waals surface area contributed by atoms with Gasteiger partial charge in [-0.15, -0.1) is 0 Å². The zero-order valence-corrected chi connectivity index (χ0v) is 7.87. The van der Waals surface area contributed by atoms with Gasteiger partial charge in [-0.05, 0) is 13.0 Å². The van der Waals surface area contributed by atoms with Gasteiger partial charge in [0.25, 0.3) is 0 Å². The summed E-state index contributed by atoms with van der Waals surface area (Å²) in [6.07, 6.45) is -1.68. The van der Waals surface area contributed by atoms with Crippen LogP contribution >= 0.6 is 0 Å². The molecule has 1 rings (SSSR count). The summed E-state index contributed by atoms with van der Waals surface area (Å²) in [5.74, 6) is -0.561. The van der Waals surface area contributed by atoms with E-state index in [2.05, 4.69) is 0 Å². The molecule has 1 aromatic rings. The normalized spacial score (nSPS) is 17.5. The summed E-state index contributed by atoms with van der Waals surface area (Å²) in [6, 6.07) is 5.71. The summed E-state index contributed by atoms with van der Waals surface area (Å²) in [5.41, 5.74) is 4.19. The second-order valence-electron chi connectivity index (χ2n) is 3.41. The lowest BCUT2D eigenvalue weighted by atomic mass is 9.88. The molecular formula is C10H13F2NO. The van der Waals surface area contributed by atoms with Crippen LogP contribution in [0.4, 0.5) is 8.78 Å². The smallest absolute Gasteiger partial charge is 0.145 e. The number of benzene rings is 1. The Balaban J connectivity index is 3.09. The van der Waals surface area contributed by atoms with Gasteiger partial charge < -0.3 is 10.8 Å². The van der Waals surface area contributed by atoms with E-state index in [9.17, 15) is 8.78 Å². The van der Waals surface area contributed by atoms with Gasteiger partial charge in [0.1, 0.15) is 12.0 Å². The average molecular weight is 201 g/mol. The molecule has 2 nitrogen and oxygen atoms in total. The summed E-state index contributed by atoms with van der Waals surface area (Å²) in [4.78, 5) is 0. The molecule has 3 N–H and O–H groups in total. The van der Waals surface area contributed by atoms with Crippen molar-refractivity contribution in [3.05, 3.63) is 35.6 Å². The van der Waals surface area contributed by atoms with Crippen molar-refractivity contribution in [3.63, 3.8) is 0 Å². The van der Waals surface area contributed by atoms with Crippen molar-refractivity contribution in [1.29, 1.82) is 0 Å². The predicted molar refractivity (Wildman–Crippen MR) is 49.9 cm³/mol. The molecule has 0 bridgehead atoms. The Labute approximate surface area is 81.4 Å². The summed E-state index contributed by atoms with van der Waals surface area (Å²) in [5, 5.41) is 8.65.